The second kappa shape index (κ2) is 5.43. The van der Waals surface area contributed by atoms with E-state index in [1.807, 2.05) is 0 Å². The van der Waals surface area contributed by atoms with Gasteiger partial charge < -0.3 is 10.6 Å². The number of anilines is 2. The van der Waals surface area contributed by atoms with Gasteiger partial charge in [0.15, 0.2) is 0 Å². The fourth-order valence-corrected chi connectivity index (χ4v) is 1.98. The smallest absolute Gasteiger partial charge is 0.373 e. The summed E-state index contributed by atoms with van der Waals surface area (Å²) in [6, 6.07) is 1.95. The normalized spacial score (nSPS) is 11.4. The van der Waals surface area contributed by atoms with Crippen molar-refractivity contribution in [2.45, 2.75) is 12.7 Å². The van der Waals surface area contributed by atoms with Gasteiger partial charge in [-0.05, 0) is 12.1 Å². The minimum atomic E-state index is -4.40. The molecule has 0 saturated heterocycles. The molecule has 0 bridgehead atoms. The minimum Gasteiger partial charge on any atom is -0.373 e. The Labute approximate surface area is 111 Å². The Balaban J connectivity index is 2.19. The van der Waals surface area contributed by atoms with Gasteiger partial charge in [0.2, 0.25) is 0 Å². The number of hydrogen-bond donors (Lipinski definition) is 2. The van der Waals surface area contributed by atoms with Crippen molar-refractivity contribution in [3.8, 4) is 0 Å². The highest BCUT2D eigenvalue weighted by Crippen LogP contribution is 2.32. The first kappa shape index (κ1) is 13.6. The molecular formula is C11H11F3N4S. The Morgan fingerprint density at radius 2 is 2.00 bits per heavy atom. The molecule has 0 aliphatic carbocycles. The summed E-state index contributed by atoms with van der Waals surface area (Å²) >= 11 is 1.42. The van der Waals surface area contributed by atoms with E-state index in [9.17, 15) is 13.2 Å². The average molecular weight is 288 g/mol. The van der Waals surface area contributed by atoms with Gasteiger partial charge in [-0.15, -0.1) is 11.3 Å². The summed E-state index contributed by atoms with van der Waals surface area (Å²) < 4.78 is 38.1. The summed E-state index contributed by atoms with van der Waals surface area (Å²) in [5.74, 6) is 0.325. The Morgan fingerprint density at radius 1 is 1.26 bits per heavy atom. The first-order valence-electron chi connectivity index (χ1n) is 5.38. The molecule has 0 aliphatic heterocycles. The molecule has 4 nitrogen and oxygen atoms in total. The number of rotatable bonds is 4. The fraction of sp³-hybridized carbons (Fsp3) is 0.273. The number of aromatic nitrogens is 2. The summed E-state index contributed by atoms with van der Waals surface area (Å²) in [6.45, 7) is 0.342. The Bertz CT molecular complexity index is 539. The van der Waals surface area contributed by atoms with Gasteiger partial charge in [-0.1, -0.05) is 0 Å². The number of nitrogens with zero attached hydrogens (tertiary/aromatic N) is 2. The van der Waals surface area contributed by atoms with Crippen LogP contribution in [0.3, 0.4) is 0 Å². The van der Waals surface area contributed by atoms with Crippen molar-refractivity contribution in [3.63, 3.8) is 0 Å². The molecule has 0 fully saturated rings. The zero-order valence-corrected chi connectivity index (χ0v) is 10.8. The van der Waals surface area contributed by atoms with Crippen LogP contribution < -0.4 is 10.6 Å². The highest BCUT2D eigenvalue weighted by molar-refractivity contribution is 7.09. The Morgan fingerprint density at radius 3 is 2.58 bits per heavy atom. The van der Waals surface area contributed by atoms with E-state index in [2.05, 4.69) is 20.6 Å². The average Bonchev–Trinajstić information content (AvgIpc) is 2.88. The van der Waals surface area contributed by atoms with Gasteiger partial charge in [0.25, 0.3) is 0 Å². The number of hydrogen-bond acceptors (Lipinski definition) is 5. The van der Waals surface area contributed by atoms with Gasteiger partial charge in [-0.3, -0.25) is 0 Å². The van der Waals surface area contributed by atoms with Crippen LogP contribution in [-0.2, 0) is 12.7 Å². The second-order valence-electron chi connectivity index (χ2n) is 3.65. The SMILES string of the molecule is CNc1cc(C(F)(F)F)cc(NCc2nccs2)n1. The molecule has 0 spiro atoms. The molecule has 19 heavy (non-hydrogen) atoms. The lowest BCUT2D eigenvalue weighted by Crippen LogP contribution is -2.09. The van der Waals surface area contributed by atoms with Crippen LogP contribution in [0.25, 0.3) is 0 Å². The van der Waals surface area contributed by atoms with Crippen LogP contribution >= 0.6 is 11.3 Å². The van der Waals surface area contributed by atoms with Crippen molar-refractivity contribution in [2.75, 3.05) is 17.7 Å². The first-order valence-corrected chi connectivity index (χ1v) is 6.26. The van der Waals surface area contributed by atoms with Crippen molar-refractivity contribution >= 4 is 23.0 Å². The van der Waals surface area contributed by atoms with Gasteiger partial charge in [0.05, 0.1) is 12.1 Å². The third-order valence-corrected chi connectivity index (χ3v) is 3.09. The van der Waals surface area contributed by atoms with Crippen LogP contribution in [0.2, 0.25) is 0 Å². The Hall–Kier alpha value is -1.83. The molecule has 0 aromatic carbocycles. The maximum atomic E-state index is 12.7. The van der Waals surface area contributed by atoms with Gasteiger partial charge >= 0.3 is 6.18 Å². The van der Waals surface area contributed by atoms with Crippen molar-refractivity contribution in [1.29, 1.82) is 0 Å². The molecule has 0 aliphatic rings. The molecule has 2 rings (SSSR count). The number of halogens is 3. The van der Waals surface area contributed by atoms with Gasteiger partial charge in [0.1, 0.15) is 16.6 Å². The summed E-state index contributed by atoms with van der Waals surface area (Å²) in [6.07, 6.45) is -2.76. The number of thiazole rings is 1. The van der Waals surface area contributed by atoms with E-state index in [1.165, 1.54) is 18.4 Å². The second-order valence-corrected chi connectivity index (χ2v) is 4.63. The number of nitrogens with one attached hydrogen (secondary N) is 2. The topological polar surface area (TPSA) is 49.8 Å². The van der Waals surface area contributed by atoms with Crippen LogP contribution in [0.1, 0.15) is 10.6 Å². The molecule has 2 N–H and O–H groups in total. The highest BCUT2D eigenvalue weighted by atomic mass is 32.1. The molecule has 2 aromatic rings. The lowest BCUT2D eigenvalue weighted by Gasteiger charge is -2.12. The van der Waals surface area contributed by atoms with Crippen LogP contribution in [0.4, 0.5) is 24.8 Å². The third-order valence-electron chi connectivity index (χ3n) is 2.31. The van der Waals surface area contributed by atoms with E-state index in [0.717, 1.165) is 17.1 Å². The Kier molecular flexibility index (Phi) is 3.89. The summed E-state index contributed by atoms with van der Waals surface area (Å²) in [7, 11) is 1.52. The fourth-order valence-electron chi connectivity index (χ4n) is 1.42. The molecule has 8 heteroatoms. The van der Waals surface area contributed by atoms with E-state index in [4.69, 9.17) is 0 Å². The predicted molar refractivity (Wildman–Crippen MR) is 68.2 cm³/mol. The zero-order valence-electron chi connectivity index (χ0n) is 9.95. The van der Waals surface area contributed by atoms with E-state index in [-0.39, 0.29) is 11.6 Å². The molecule has 0 saturated carbocycles. The van der Waals surface area contributed by atoms with Crippen molar-refractivity contribution in [3.05, 3.63) is 34.3 Å². The maximum Gasteiger partial charge on any atom is 0.416 e. The lowest BCUT2D eigenvalue weighted by atomic mass is 10.2. The number of pyridine rings is 1. The zero-order chi connectivity index (χ0) is 13.9. The molecule has 0 atom stereocenters. The van der Waals surface area contributed by atoms with E-state index in [1.54, 1.807) is 11.6 Å². The molecule has 2 aromatic heterocycles. The molecular weight excluding hydrogens is 277 g/mol. The molecule has 102 valence electrons. The van der Waals surface area contributed by atoms with Crippen molar-refractivity contribution in [1.82, 2.24) is 9.97 Å². The van der Waals surface area contributed by atoms with Crippen LogP contribution in [0, 0.1) is 0 Å². The summed E-state index contributed by atoms with van der Waals surface area (Å²) in [4.78, 5) is 8.05. The van der Waals surface area contributed by atoms with E-state index >= 15 is 0 Å². The van der Waals surface area contributed by atoms with Gasteiger partial charge in [0, 0.05) is 18.6 Å². The maximum absolute atomic E-state index is 12.7. The molecule has 2 heterocycles. The van der Waals surface area contributed by atoms with E-state index in [0.29, 0.717) is 6.54 Å². The minimum absolute atomic E-state index is 0.161. The van der Waals surface area contributed by atoms with Gasteiger partial charge in [-0.2, -0.15) is 13.2 Å². The predicted octanol–water partition coefficient (Wildman–Crippen LogP) is 3.21. The van der Waals surface area contributed by atoms with Crippen LogP contribution in [-0.4, -0.2) is 17.0 Å². The monoisotopic (exact) mass is 288 g/mol. The summed E-state index contributed by atoms with van der Waals surface area (Å²) in [5.41, 5.74) is -0.742. The van der Waals surface area contributed by atoms with Crippen molar-refractivity contribution in [2.24, 2.45) is 0 Å². The van der Waals surface area contributed by atoms with Crippen LogP contribution in [0.15, 0.2) is 23.7 Å². The first-order chi connectivity index (χ1) is 8.99. The quantitative estimate of drug-likeness (QED) is 0.907. The number of alkyl halides is 3. The standard InChI is InChI=1S/C11H11F3N4S/c1-15-8-4-7(11(12,13)14)5-9(18-8)17-6-10-16-2-3-19-10/h2-5H,6H2,1H3,(H2,15,17,18). The van der Waals surface area contributed by atoms with Crippen LogP contribution in [0.5, 0.6) is 0 Å². The molecule has 0 radical (unpaired) electrons. The lowest BCUT2D eigenvalue weighted by molar-refractivity contribution is -0.137. The van der Waals surface area contributed by atoms with Crippen molar-refractivity contribution < 1.29 is 13.2 Å². The van der Waals surface area contributed by atoms with E-state index < -0.39 is 11.7 Å². The highest BCUT2D eigenvalue weighted by Gasteiger charge is 2.31. The molecule has 0 amide bonds. The summed E-state index contributed by atoms with van der Waals surface area (Å²) in [5, 5.41) is 8.02. The van der Waals surface area contributed by atoms with Gasteiger partial charge in [-0.25, -0.2) is 9.97 Å². The third kappa shape index (κ3) is 3.57. The largest absolute Gasteiger partial charge is 0.416 e. The molecule has 0 unspecified atom stereocenters.